The Morgan fingerprint density at radius 2 is 1.79 bits per heavy atom. The van der Waals surface area contributed by atoms with E-state index in [1.165, 1.54) is 31.5 Å². The second-order valence-corrected chi connectivity index (χ2v) is 8.30. The molecule has 1 N–H and O–H groups in total. The molecule has 3 aromatic rings. The summed E-state index contributed by atoms with van der Waals surface area (Å²) in [6.07, 6.45) is 5.12. The molecule has 0 atom stereocenters. The number of nitrogens with one attached hydrogen (secondary N) is 1. The van der Waals surface area contributed by atoms with Gasteiger partial charge in [0.05, 0.1) is 23.1 Å². The molecule has 0 bridgehead atoms. The van der Waals surface area contributed by atoms with Crippen LogP contribution in [0.15, 0.2) is 88.9 Å². The second kappa shape index (κ2) is 10.9. The van der Waals surface area contributed by atoms with Crippen molar-refractivity contribution in [3.63, 3.8) is 0 Å². The van der Waals surface area contributed by atoms with Crippen LogP contribution < -0.4 is 14.3 Å². The molecule has 0 fully saturated rings. The van der Waals surface area contributed by atoms with Crippen LogP contribution >= 0.6 is 0 Å². The molecule has 0 amide bonds. The Bertz CT molecular complexity index is 1270. The van der Waals surface area contributed by atoms with Crippen molar-refractivity contribution in [2.45, 2.75) is 4.90 Å². The summed E-state index contributed by atoms with van der Waals surface area (Å²) in [7, 11) is -2.57. The number of hydrazone groups is 1. The third kappa shape index (κ3) is 6.65. The van der Waals surface area contributed by atoms with E-state index in [9.17, 15) is 18.5 Å². The van der Waals surface area contributed by atoms with Crippen molar-refractivity contribution in [3.8, 4) is 11.5 Å². The molecule has 0 unspecified atom stereocenters. The zero-order valence-electron chi connectivity index (χ0n) is 17.6. The van der Waals surface area contributed by atoms with Gasteiger partial charge in [-0.1, -0.05) is 42.5 Å². The SMILES string of the molecule is COc1cc(/C=N/NS(=O)(=O)c2cccc([N+](=O)[O-])c2)ccc1OC/C=C/c1ccccc1. The highest BCUT2D eigenvalue weighted by molar-refractivity contribution is 7.89. The molecule has 0 aromatic heterocycles. The van der Waals surface area contributed by atoms with Gasteiger partial charge in [-0.25, -0.2) is 4.83 Å². The Kier molecular flexibility index (Phi) is 7.77. The van der Waals surface area contributed by atoms with E-state index in [2.05, 4.69) is 5.10 Å². The number of rotatable bonds is 10. The summed E-state index contributed by atoms with van der Waals surface area (Å²) in [5.41, 5.74) is 1.29. The smallest absolute Gasteiger partial charge is 0.276 e. The molecule has 0 aliphatic carbocycles. The number of nitro groups is 1. The van der Waals surface area contributed by atoms with E-state index in [0.717, 1.165) is 11.6 Å². The maximum Gasteiger partial charge on any atom is 0.276 e. The number of hydrogen-bond donors (Lipinski definition) is 1. The highest BCUT2D eigenvalue weighted by atomic mass is 32.2. The van der Waals surface area contributed by atoms with Gasteiger partial charge >= 0.3 is 0 Å². The van der Waals surface area contributed by atoms with E-state index >= 15 is 0 Å². The molecular weight excluding hydrogens is 446 g/mol. The van der Waals surface area contributed by atoms with Crippen molar-refractivity contribution in [1.82, 2.24) is 4.83 Å². The predicted octanol–water partition coefficient (Wildman–Crippen LogP) is 4.01. The highest BCUT2D eigenvalue weighted by Gasteiger charge is 2.16. The second-order valence-electron chi connectivity index (χ2n) is 6.64. The number of nitrogens with zero attached hydrogens (tertiary/aromatic N) is 2. The molecule has 9 nitrogen and oxygen atoms in total. The molecule has 0 spiro atoms. The Balaban J connectivity index is 1.63. The third-order valence-corrected chi connectivity index (χ3v) is 5.58. The summed E-state index contributed by atoms with van der Waals surface area (Å²) in [4.78, 5) is 12.0. The van der Waals surface area contributed by atoms with Crippen molar-refractivity contribution < 1.29 is 22.8 Å². The highest BCUT2D eigenvalue weighted by Crippen LogP contribution is 2.27. The van der Waals surface area contributed by atoms with Crippen LogP contribution in [0.2, 0.25) is 0 Å². The molecule has 0 aliphatic rings. The average molecular weight is 468 g/mol. The first-order valence-corrected chi connectivity index (χ1v) is 11.2. The molecule has 0 saturated heterocycles. The zero-order chi connectivity index (χ0) is 23.7. The molecule has 10 heteroatoms. The standard InChI is InChI=1S/C23H21N3O6S/c1-31-23-15-19(12-13-22(23)32-14-6-9-18-7-3-2-4-8-18)17-24-25-33(29,30)21-11-5-10-20(16-21)26(27)28/h2-13,15-17,25H,14H2,1H3/b9-6+,24-17+. The summed E-state index contributed by atoms with van der Waals surface area (Å²) in [5.74, 6) is 0.970. The van der Waals surface area contributed by atoms with Gasteiger partial charge in [0, 0.05) is 12.1 Å². The lowest BCUT2D eigenvalue weighted by atomic mass is 10.2. The Hall–Kier alpha value is -4.18. The van der Waals surface area contributed by atoms with E-state index in [-0.39, 0.29) is 10.6 Å². The van der Waals surface area contributed by atoms with E-state index < -0.39 is 14.9 Å². The number of hydrogen-bond acceptors (Lipinski definition) is 7. The van der Waals surface area contributed by atoms with Gasteiger partial charge in [-0.2, -0.15) is 13.5 Å². The average Bonchev–Trinajstić information content (AvgIpc) is 2.83. The number of ether oxygens (including phenoxy) is 2. The van der Waals surface area contributed by atoms with Crippen molar-refractivity contribution in [3.05, 3.63) is 100 Å². The van der Waals surface area contributed by atoms with Crippen molar-refractivity contribution >= 4 is 28.0 Å². The van der Waals surface area contributed by atoms with Crippen LogP contribution in [0.5, 0.6) is 11.5 Å². The van der Waals surface area contributed by atoms with Crippen LogP contribution in [0, 0.1) is 10.1 Å². The van der Waals surface area contributed by atoms with Gasteiger partial charge in [-0.05, 0) is 41.5 Å². The van der Waals surface area contributed by atoms with E-state index in [4.69, 9.17) is 9.47 Å². The fraction of sp³-hybridized carbons (Fsp3) is 0.0870. The normalized spacial score (nSPS) is 11.5. The maximum atomic E-state index is 12.3. The number of non-ortho nitro benzene ring substituents is 1. The first-order valence-electron chi connectivity index (χ1n) is 9.71. The van der Waals surface area contributed by atoms with Gasteiger partial charge in [0.15, 0.2) is 11.5 Å². The molecule has 0 saturated carbocycles. The summed E-state index contributed by atoms with van der Waals surface area (Å²) < 4.78 is 35.7. The van der Waals surface area contributed by atoms with Crippen molar-refractivity contribution in [1.29, 1.82) is 0 Å². The fourth-order valence-electron chi connectivity index (χ4n) is 2.76. The van der Waals surface area contributed by atoms with Crippen LogP contribution in [0.25, 0.3) is 6.08 Å². The zero-order valence-corrected chi connectivity index (χ0v) is 18.4. The summed E-state index contributed by atoms with van der Waals surface area (Å²) in [6.45, 7) is 0.335. The number of sulfonamides is 1. The predicted molar refractivity (Wildman–Crippen MR) is 125 cm³/mol. The fourth-order valence-corrected chi connectivity index (χ4v) is 3.59. The topological polar surface area (TPSA) is 120 Å². The van der Waals surface area contributed by atoms with Crippen LogP contribution in [0.3, 0.4) is 0 Å². The lowest BCUT2D eigenvalue weighted by molar-refractivity contribution is -0.385. The first kappa shape index (κ1) is 23.5. The minimum absolute atomic E-state index is 0.265. The molecule has 33 heavy (non-hydrogen) atoms. The molecule has 0 heterocycles. The number of nitro benzene ring substituents is 1. The van der Waals surface area contributed by atoms with E-state index in [0.29, 0.717) is 23.7 Å². The Labute approximate surface area is 191 Å². The van der Waals surface area contributed by atoms with Gasteiger partial charge in [0.1, 0.15) is 6.61 Å². The number of methoxy groups -OCH3 is 1. The molecule has 0 aliphatic heterocycles. The minimum atomic E-state index is -4.06. The van der Waals surface area contributed by atoms with Crippen LogP contribution in [0.1, 0.15) is 11.1 Å². The summed E-state index contributed by atoms with van der Waals surface area (Å²) in [5, 5.41) is 14.6. The number of benzene rings is 3. The maximum absolute atomic E-state index is 12.3. The summed E-state index contributed by atoms with van der Waals surface area (Å²) >= 11 is 0. The molecule has 3 rings (SSSR count). The summed E-state index contributed by atoms with van der Waals surface area (Å²) in [6, 6.07) is 19.5. The quantitative estimate of drug-likeness (QED) is 0.273. The minimum Gasteiger partial charge on any atom is -0.493 e. The first-order chi connectivity index (χ1) is 15.9. The Morgan fingerprint density at radius 1 is 1.00 bits per heavy atom. The van der Waals surface area contributed by atoms with Crippen LogP contribution in [-0.2, 0) is 10.0 Å². The molecule has 170 valence electrons. The molecule has 0 radical (unpaired) electrons. The van der Waals surface area contributed by atoms with Gasteiger partial charge in [0.2, 0.25) is 0 Å². The van der Waals surface area contributed by atoms with Gasteiger partial charge in [-0.15, -0.1) is 0 Å². The lowest BCUT2D eigenvalue weighted by Crippen LogP contribution is -2.18. The van der Waals surface area contributed by atoms with Gasteiger partial charge in [0.25, 0.3) is 15.7 Å². The molecular formula is C23H21N3O6S. The van der Waals surface area contributed by atoms with E-state index in [1.54, 1.807) is 18.2 Å². The van der Waals surface area contributed by atoms with Gasteiger partial charge in [-0.3, -0.25) is 10.1 Å². The lowest BCUT2D eigenvalue weighted by Gasteiger charge is -2.10. The van der Waals surface area contributed by atoms with Crippen molar-refractivity contribution in [2.24, 2.45) is 5.10 Å². The van der Waals surface area contributed by atoms with Crippen molar-refractivity contribution in [2.75, 3.05) is 13.7 Å². The van der Waals surface area contributed by atoms with E-state index in [1.807, 2.05) is 47.3 Å². The van der Waals surface area contributed by atoms with Crippen LogP contribution in [0.4, 0.5) is 5.69 Å². The molecule has 3 aromatic carbocycles. The largest absolute Gasteiger partial charge is 0.493 e. The van der Waals surface area contributed by atoms with Crippen LogP contribution in [-0.4, -0.2) is 33.3 Å². The third-order valence-electron chi connectivity index (χ3n) is 4.36. The Morgan fingerprint density at radius 3 is 2.52 bits per heavy atom. The van der Waals surface area contributed by atoms with Gasteiger partial charge < -0.3 is 9.47 Å². The monoisotopic (exact) mass is 467 g/mol.